The zero-order valence-corrected chi connectivity index (χ0v) is 13.6. The van der Waals surface area contributed by atoms with Gasteiger partial charge < -0.3 is 10.1 Å². The quantitative estimate of drug-likeness (QED) is 0.653. The Morgan fingerprint density at radius 2 is 1.83 bits per heavy atom. The normalized spacial score (nSPS) is 11.2. The topological polar surface area (TPSA) is 79.2 Å². The number of hydrogen-bond acceptors (Lipinski definition) is 4. The molecule has 1 atom stereocenters. The molecular formula is C19H18N2O3. The smallest absolute Gasteiger partial charge is 0.249 e. The van der Waals surface area contributed by atoms with E-state index in [0.717, 1.165) is 5.56 Å². The predicted octanol–water partition coefficient (Wildman–Crippen LogP) is 3.35. The van der Waals surface area contributed by atoms with E-state index in [0.29, 0.717) is 23.6 Å². The maximum atomic E-state index is 12.4. The molecule has 122 valence electrons. The average molecular weight is 322 g/mol. The Kier molecular flexibility index (Phi) is 5.69. The molecule has 5 heteroatoms. The molecule has 0 saturated heterocycles. The standard InChI is InChI=1S/C19H18N2O3/c1-3-24-17-7-5-4-6-16(17)21-19(23)15(12-20)18(22)14-10-8-13(2)9-11-14/h4-11,15H,3H2,1-2H3,(H,21,23)/t15-/m1/s1. The summed E-state index contributed by atoms with van der Waals surface area (Å²) in [5, 5.41) is 11.9. The van der Waals surface area contributed by atoms with Gasteiger partial charge in [-0.3, -0.25) is 9.59 Å². The molecular weight excluding hydrogens is 304 g/mol. The number of ketones is 1. The summed E-state index contributed by atoms with van der Waals surface area (Å²) in [6.07, 6.45) is 0. The second-order valence-electron chi connectivity index (χ2n) is 5.21. The Hall–Kier alpha value is -3.13. The van der Waals surface area contributed by atoms with E-state index in [-0.39, 0.29) is 0 Å². The van der Waals surface area contributed by atoms with E-state index in [1.165, 1.54) is 0 Å². The number of anilines is 1. The molecule has 0 spiro atoms. The Bertz CT molecular complexity index is 776. The molecule has 0 saturated carbocycles. The van der Waals surface area contributed by atoms with Crippen molar-refractivity contribution in [3.63, 3.8) is 0 Å². The number of nitrogens with one attached hydrogen (secondary N) is 1. The van der Waals surface area contributed by atoms with Gasteiger partial charge >= 0.3 is 0 Å². The molecule has 1 N–H and O–H groups in total. The summed E-state index contributed by atoms with van der Waals surface area (Å²) in [4.78, 5) is 24.8. The minimum Gasteiger partial charge on any atom is -0.492 e. The number of carbonyl (C=O) groups is 2. The van der Waals surface area contributed by atoms with Gasteiger partial charge in [-0.2, -0.15) is 5.26 Å². The maximum absolute atomic E-state index is 12.4. The zero-order chi connectivity index (χ0) is 17.5. The van der Waals surface area contributed by atoms with Crippen LogP contribution in [0.15, 0.2) is 48.5 Å². The van der Waals surface area contributed by atoms with Crippen molar-refractivity contribution in [2.45, 2.75) is 13.8 Å². The van der Waals surface area contributed by atoms with Crippen molar-refractivity contribution in [1.29, 1.82) is 5.26 Å². The molecule has 0 fully saturated rings. The first kappa shape index (κ1) is 17.2. The van der Waals surface area contributed by atoms with Crippen LogP contribution in [0.3, 0.4) is 0 Å². The number of rotatable bonds is 6. The summed E-state index contributed by atoms with van der Waals surface area (Å²) in [5.41, 5.74) is 1.76. The van der Waals surface area contributed by atoms with Crippen LogP contribution in [0.25, 0.3) is 0 Å². The molecule has 0 aromatic heterocycles. The molecule has 5 nitrogen and oxygen atoms in total. The Labute approximate surface area is 140 Å². The van der Waals surface area contributed by atoms with E-state index in [2.05, 4.69) is 5.32 Å². The number of hydrogen-bond donors (Lipinski definition) is 1. The van der Waals surface area contributed by atoms with Crippen LogP contribution in [0.1, 0.15) is 22.8 Å². The molecule has 2 aromatic carbocycles. The summed E-state index contributed by atoms with van der Waals surface area (Å²) in [6.45, 7) is 4.17. The lowest BCUT2D eigenvalue weighted by Gasteiger charge is -2.13. The van der Waals surface area contributed by atoms with Crippen LogP contribution >= 0.6 is 0 Å². The molecule has 2 aromatic rings. The van der Waals surface area contributed by atoms with Crippen LogP contribution in [0.4, 0.5) is 5.69 Å². The highest BCUT2D eigenvalue weighted by Gasteiger charge is 2.28. The van der Waals surface area contributed by atoms with E-state index in [1.807, 2.05) is 13.8 Å². The molecule has 0 radical (unpaired) electrons. The highest BCUT2D eigenvalue weighted by atomic mass is 16.5. The summed E-state index contributed by atoms with van der Waals surface area (Å²) in [5.74, 6) is -2.12. The third-order valence-electron chi connectivity index (χ3n) is 3.43. The number of aryl methyl sites for hydroxylation is 1. The van der Waals surface area contributed by atoms with E-state index in [9.17, 15) is 14.9 Å². The number of carbonyl (C=O) groups excluding carboxylic acids is 2. The fourth-order valence-corrected chi connectivity index (χ4v) is 2.18. The minimum absolute atomic E-state index is 0.334. The van der Waals surface area contributed by atoms with Gasteiger partial charge in [0.2, 0.25) is 5.91 Å². The SMILES string of the molecule is CCOc1ccccc1NC(=O)[C@H](C#N)C(=O)c1ccc(C)cc1. The predicted molar refractivity (Wildman–Crippen MR) is 90.9 cm³/mol. The molecule has 0 heterocycles. The number of benzene rings is 2. The van der Waals surface area contributed by atoms with E-state index in [4.69, 9.17) is 4.74 Å². The number of nitrogens with zero attached hydrogens (tertiary/aromatic N) is 1. The van der Waals surface area contributed by atoms with Gasteiger partial charge in [0.15, 0.2) is 11.7 Å². The van der Waals surface area contributed by atoms with Crippen molar-refractivity contribution >= 4 is 17.4 Å². The van der Waals surface area contributed by atoms with Crippen LogP contribution in [0, 0.1) is 24.2 Å². The largest absolute Gasteiger partial charge is 0.492 e. The first-order chi connectivity index (χ1) is 11.6. The van der Waals surface area contributed by atoms with Crippen LogP contribution in [-0.2, 0) is 4.79 Å². The Morgan fingerprint density at radius 3 is 2.46 bits per heavy atom. The van der Waals surface area contributed by atoms with Crippen LogP contribution < -0.4 is 10.1 Å². The Morgan fingerprint density at radius 1 is 1.17 bits per heavy atom. The fourth-order valence-electron chi connectivity index (χ4n) is 2.18. The summed E-state index contributed by atoms with van der Waals surface area (Å²) < 4.78 is 5.43. The van der Waals surface area contributed by atoms with Crippen molar-refractivity contribution in [3.05, 3.63) is 59.7 Å². The second-order valence-corrected chi connectivity index (χ2v) is 5.21. The van der Waals surface area contributed by atoms with Gasteiger partial charge in [-0.05, 0) is 26.0 Å². The lowest BCUT2D eigenvalue weighted by molar-refractivity contribution is -0.117. The van der Waals surface area contributed by atoms with Gasteiger partial charge in [0, 0.05) is 5.56 Å². The summed E-state index contributed by atoms with van der Waals surface area (Å²) in [6, 6.07) is 15.4. The molecule has 0 aliphatic carbocycles. The molecule has 0 unspecified atom stereocenters. The molecule has 24 heavy (non-hydrogen) atoms. The van der Waals surface area contributed by atoms with Gasteiger partial charge in [-0.1, -0.05) is 42.0 Å². The van der Waals surface area contributed by atoms with Crippen molar-refractivity contribution in [3.8, 4) is 11.8 Å². The summed E-state index contributed by atoms with van der Waals surface area (Å²) in [7, 11) is 0. The molecule has 0 aliphatic heterocycles. The number of amides is 1. The van der Waals surface area contributed by atoms with Gasteiger partial charge in [0.05, 0.1) is 18.4 Å². The van der Waals surface area contributed by atoms with Crippen LogP contribution in [0.2, 0.25) is 0 Å². The zero-order valence-electron chi connectivity index (χ0n) is 13.6. The third kappa shape index (κ3) is 3.99. The number of ether oxygens (including phenoxy) is 1. The van der Waals surface area contributed by atoms with Gasteiger partial charge in [-0.25, -0.2) is 0 Å². The van der Waals surface area contributed by atoms with E-state index in [1.54, 1.807) is 54.6 Å². The highest BCUT2D eigenvalue weighted by molar-refractivity contribution is 6.15. The van der Waals surface area contributed by atoms with Crippen molar-refractivity contribution in [1.82, 2.24) is 0 Å². The molecule has 0 bridgehead atoms. The van der Waals surface area contributed by atoms with Crippen molar-refractivity contribution in [2.75, 3.05) is 11.9 Å². The van der Waals surface area contributed by atoms with Crippen LogP contribution in [0.5, 0.6) is 5.75 Å². The Balaban J connectivity index is 2.19. The lowest BCUT2D eigenvalue weighted by atomic mass is 9.97. The van der Waals surface area contributed by atoms with E-state index < -0.39 is 17.6 Å². The number of para-hydroxylation sites is 2. The van der Waals surface area contributed by atoms with Gasteiger partial charge in [-0.15, -0.1) is 0 Å². The van der Waals surface area contributed by atoms with Gasteiger partial charge in [0.1, 0.15) is 5.75 Å². The first-order valence-corrected chi connectivity index (χ1v) is 7.60. The number of nitriles is 1. The second kappa shape index (κ2) is 7.93. The molecule has 0 aliphatic rings. The lowest BCUT2D eigenvalue weighted by Crippen LogP contribution is -2.28. The van der Waals surface area contributed by atoms with Crippen LogP contribution in [-0.4, -0.2) is 18.3 Å². The van der Waals surface area contributed by atoms with Gasteiger partial charge in [0.25, 0.3) is 0 Å². The monoisotopic (exact) mass is 322 g/mol. The molecule has 2 rings (SSSR count). The highest BCUT2D eigenvalue weighted by Crippen LogP contribution is 2.24. The number of Topliss-reactive ketones (excluding diaryl/α,β-unsaturated/α-hetero) is 1. The maximum Gasteiger partial charge on any atom is 0.249 e. The fraction of sp³-hybridized carbons (Fsp3) is 0.211. The van der Waals surface area contributed by atoms with E-state index >= 15 is 0 Å². The third-order valence-corrected chi connectivity index (χ3v) is 3.43. The van der Waals surface area contributed by atoms with Crippen molar-refractivity contribution in [2.24, 2.45) is 5.92 Å². The van der Waals surface area contributed by atoms with Crippen molar-refractivity contribution < 1.29 is 14.3 Å². The average Bonchev–Trinajstić information content (AvgIpc) is 2.58. The minimum atomic E-state index is -1.41. The first-order valence-electron chi connectivity index (χ1n) is 7.60. The molecule has 1 amide bonds. The summed E-state index contributed by atoms with van der Waals surface area (Å²) >= 11 is 0.